The summed E-state index contributed by atoms with van der Waals surface area (Å²) >= 11 is 0. The van der Waals surface area contributed by atoms with Gasteiger partial charge in [0.05, 0.1) is 38.5 Å². The first-order valence-corrected chi connectivity index (χ1v) is 10.6. The van der Waals surface area contributed by atoms with Crippen molar-refractivity contribution in [2.45, 2.75) is 12.5 Å². The zero-order valence-corrected chi connectivity index (χ0v) is 19.6. The molecule has 0 aromatic heterocycles. The van der Waals surface area contributed by atoms with Crippen LogP contribution in [0.1, 0.15) is 23.6 Å². The molecule has 0 saturated carbocycles. The Labute approximate surface area is 194 Å². The fourth-order valence-electron chi connectivity index (χ4n) is 4.02. The number of nitrogens with zero attached hydrogens (tertiary/aromatic N) is 2. The number of para-hydroxylation sites is 1. The van der Waals surface area contributed by atoms with Crippen LogP contribution >= 0.6 is 0 Å². The summed E-state index contributed by atoms with van der Waals surface area (Å²) in [4.78, 5) is 29.8. The van der Waals surface area contributed by atoms with E-state index in [4.69, 9.17) is 14.2 Å². The molecule has 2 aromatic rings. The van der Waals surface area contributed by atoms with Crippen molar-refractivity contribution >= 4 is 17.4 Å². The van der Waals surface area contributed by atoms with Crippen molar-refractivity contribution in [1.29, 1.82) is 0 Å². The number of aliphatic hydroxyl groups is 1. The van der Waals surface area contributed by atoms with Crippen molar-refractivity contribution in [2.75, 3.05) is 48.5 Å². The Morgan fingerprint density at radius 1 is 1.00 bits per heavy atom. The lowest BCUT2D eigenvalue weighted by Crippen LogP contribution is -2.32. The van der Waals surface area contributed by atoms with E-state index in [1.807, 2.05) is 31.1 Å². The van der Waals surface area contributed by atoms with E-state index in [1.54, 1.807) is 30.3 Å². The van der Waals surface area contributed by atoms with Crippen molar-refractivity contribution in [3.05, 3.63) is 59.2 Å². The maximum Gasteiger partial charge on any atom is 0.295 e. The van der Waals surface area contributed by atoms with Crippen LogP contribution in [0.3, 0.4) is 0 Å². The van der Waals surface area contributed by atoms with Gasteiger partial charge in [0.15, 0.2) is 0 Å². The van der Waals surface area contributed by atoms with E-state index in [1.165, 1.54) is 26.2 Å². The molecule has 3 rings (SSSR count). The number of Topliss-reactive ketones (excluding diaryl/α,β-unsaturated/α-hetero) is 1. The molecule has 1 heterocycles. The molecule has 8 nitrogen and oxygen atoms in total. The molecule has 1 fully saturated rings. The minimum atomic E-state index is -0.796. The second-order valence-electron chi connectivity index (χ2n) is 7.96. The summed E-state index contributed by atoms with van der Waals surface area (Å²) in [6.45, 7) is 1.09. The Bertz CT molecular complexity index is 1060. The van der Waals surface area contributed by atoms with Gasteiger partial charge in [0.25, 0.3) is 11.7 Å². The number of benzene rings is 2. The summed E-state index contributed by atoms with van der Waals surface area (Å²) in [7, 11) is 8.41. The number of carbonyl (C=O) groups excluding carboxylic acids is 2. The van der Waals surface area contributed by atoms with Gasteiger partial charge in [-0.2, -0.15) is 0 Å². The second-order valence-corrected chi connectivity index (χ2v) is 7.96. The van der Waals surface area contributed by atoms with Crippen molar-refractivity contribution in [3.8, 4) is 17.2 Å². The third-order valence-corrected chi connectivity index (χ3v) is 5.64. The Kier molecular flexibility index (Phi) is 7.60. The van der Waals surface area contributed by atoms with E-state index >= 15 is 0 Å². The molecular weight excluding hydrogens is 424 g/mol. The Hall–Kier alpha value is -3.52. The van der Waals surface area contributed by atoms with Gasteiger partial charge in [-0.25, -0.2) is 0 Å². The minimum Gasteiger partial charge on any atom is -0.507 e. The first kappa shape index (κ1) is 24.1. The number of rotatable bonds is 9. The molecular formula is C25H30N2O6. The van der Waals surface area contributed by atoms with E-state index in [0.29, 0.717) is 41.3 Å². The van der Waals surface area contributed by atoms with Crippen molar-refractivity contribution in [1.82, 2.24) is 9.80 Å². The van der Waals surface area contributed by atoms with E-state index in [-0.39, 0.29) is 11.3 Å². The molecule has 0 bridgehead atoms. The largest absolute Gasteiger partial charge is 0.507 e. The first-order valence-electron chi connectivity index (χ1n) is 10.6. The van der Waals surface area contributed by atoms with Gasteiger partial charge in [-0.3, -0.25) is 9.59 Å². The lowest BCUT2D eigenvalue weighted by Gasteiger charge is -2.27. The monoisotopic (exact) mass is 454 g/mol. The Balaban J connectivity index is 2.19. The lowest BCUT2D eigenvalue weighted by atomic mass is 9.94. The standard InChI is InChI=1S/C25H30N2O6/c1-26(2)13-8-14-27-22(17-9-6-7-10-19(17)32-4)21(24(29)25(27)30)23(28)18-12-11-16(31-3)15-20(18)33-5/h6-7,9-12,15,22,28H,8,13-14H2,1-5H3/b23-21+. The topological polar surface area (TPSA) is 88.5 Å². The van der Waals surface area contributed by atoms with Gasteiger partial charge in [-0.1, -0.05) is 18.2 Å². The number of ketones is 1. The quantitative estimate of drug-likeness (QED) is 0.354. The Morgan fingerprint density at radius 3 is 2.33 bits per heavy atom. The molecule has 0 aliphatic carbocycles. The molecule has 1 saturated heterocycles. The van der Waals surface area contributed by atoms with Crippen LogP contribution in [0.5, 0.6) is 17.2 Å². The molecule has 33 heavy (non-hydrogen) atoms. The van der Waals surface area contributed by atoms with Crippen molar-refractivity contribution < 1.29 is 28.9 Å². The minimum absolute atomic E-state index is 0.00202. The van der Waals surface area contributed by atoms with E-state index in [9.17, 15) is 14.7 Å². The molecule has 8 heteroatoms. The normalized spacial score (nSPS) is 17.5. The second kappa shape index (κ2) is 10.4. The van der Waals surface area contributed by atoms with Crippen LogP contribution in [-0.2, 0) is 9.59 Å². The summed E-state index contributed by atoms with van der Waals surface area (Å²) in [5, 5.41) is 11.3. The van der Waals surface area contributed by atoms with Crippen LogP contribution in [0.4, 0.5) is 0 Å². The van der Waals surface area contributed by atoms with Gasteiger partial charge >= 0.3 is 0 Å². The van der Waals surface area contributed by atoms with Gasteiger partial charge in [0.1, 0.15) is 23.0 Å². The van der Waals surface area contributed by atoms with Crippen LogP contribution in [0.2, 0.25) is 0 Å². The van der Waals surface area contributed by atoms with E-state index in [2.05, 4.69) is 0 Å². The molecule has 0 spiro atoms. The third kappa shape index (κ3) is 4.80. The summed E-state index contributed by atoms with van der Waals surface area (Å²) < 4.78 is 16.2. The maximum absolute atomic E-state index is 13.2. The molecule has 176 valence electrons. The van der Waals surface area contributed by atoms with Crippen LogP contribution < -0.4 is 14.2 Å². The van der Waals surface area contributed by atoms with Crippen LogP contribution in [0, 0.1) is 0 Å². The Morgan fingerprint density at radius 2 is 1.70 bits per heavy atom. The zero-order chi connectivity index (χ0) is 24.1. The number of hydrogen-bond acceptors (Lipinski definition) is 7. The number of likely N-dealkylation sites (tertiary alicyclic amines) is 1. The summed E-state index contributed by atoms with van der Waals surface area (Å²) in [6, 6.07) is 11.3. The van der Waals surface area contributed by atoms with Crippen LogP contribution in [-0.4, -0.2) is 75.1 Å². The summed E-state index contributed by atoms with van der Waals surface area (Å²) in [6.07, 6.45) is 0.664. The van der Waals surface area contributed by atoms with Gasteiger partial charge < -0.3 is 29.1 Å². The van der Waals surface area contributed by atoms with Gasteiger partial charge in [-0.15, -0.1) is 0 Å². The zero-order valence-electron chi connectivity index (χ0n) is 19.6. The molecule has 1 amide bonds. The van der Waals surface area contributed by atoms with E-state index in [0.717, 1.165) is 6.54 Å². The third-order valence-electron chi connectivity index (χ3n) is 5.64. The van der Waals surface area contributed by atoms with Gasteiger partial charge in [-0.05, 0) is 45.3 Å². The predicted molar refractivity (Wildman–Crippen MR) is 125 cm³/mol. The number of carbonyl (C=O) groups is 2. The molecule has 2 aromatic carbocycles. The molecule has 1 N–H and O–H groups in total. The van der Waals surface area contributed by atoms with Crippen LogP contribution in [0.15, 0.2) is 48.0 Å². The fraction of sp³-hybridized carbons (Fsp3) is 0.360. The molecule has 1 atom stereocenters. The van der Waals surface area contributed by atoms with Crippen LogP contribution in [0.25, 0.3) is 5.76 Å². The predicted octanol–water partition coefficient (Wildman–Crippen LogP) is 3.09. The molecule has 0 radical (unpaired) electrons. The van der Waals surface area contributed by atoms with Crippen molar-refractivity contribution in [3.63, 3.8) is 0 Å². The van der Waals surface area contributed by atoms with Gasteiger partial charge in [0.2, 0.25) is 0 Å². The lowest BCUT2D eigenvalue weighted by molar-refractivity contribution is -0.140. The highest BCUT2D eigenvalue weighted by atomic mass is 16.5. The molecule has 1 unspecified atom stereocenters. The number of hydrogen-bond donors (Lipinski definition) is 1. The number of ether oxygens (including phenoxy) is 3. The molecule has 1 aliphatic rings. The first-order chi connectivity index (χ1) is 15.8. The number of methoxy groups -OCH3 is 3. The fourth-order valence-corrected chi connectivity index (χ4v) is 4.02. The highest BCUT2D eigenvalue weighted by Gasteiger charge is 2.47. The van der Waals surface area contributed by atoms with Crippen molar-refractivity contribution in [2.24, 2.45) is 0 Å². The SMILES string of the molecule is COc1ccc(/C(O)=C2\C(=O)C(=O)N(CCCN(C)C)C2c2ccccc2OC)c(OC)c1. The van der Waals surface area contributed by atoms with Gasteiger partial charge in [0, 0.05) is 18.2 Å². The highest BCUT2D eigenvalue weighted by molar-refractivity contribution is 6.46. The average Bonchev–Trinajstić information content (AvgIpc) is 3.07. The number of amides is 1. The molecule has 1 aliphatic heterocycles. The smallest absolute Gasteiger partial charge is 0.295 e. The van der Waals surface area contributed by atoms with E-state index < -0.39 is 17.7 Å². The maximum atomic E-state index is 13.2. The summed E-state index contributed by atoms with van der Waals surface area (Å²) in [5.74, 6) is -0.323. The number of aliphatic hydroxyl groups excluding tert-OH is 1. The average molecular weight is 455 g/mol. The highest BCUT2D eigenvalue weighted by Crippen LogP contribution is 2.44. The summed E-state index contributed by atoms with van der Waals surface area (Å²) in [5.41, 5.74) is 0.917.